The van der Waals surface area contributed by atoms with Crippen molar-refractivity contribution in [2.45, 2.75) is 32.1 Å². The summed E-state index contributed by atoms with van der Waals surface area (Å²) in [5.41, 5.74) is 5.69. The first-order valence-electron chi connectivity index (χ1n) is 5.23. The van der Waals surface area contributed by atoms with Crippen LogP contribution in [-0.4, -0.2) is 55.9 Å². The summed E-state index contributed by atoms with van der Waals surface area (Å²) in [5, 5.41) is 0. The normalized spacial score (nSPS) is 28.9. The molecular weight excluding hydrogens is 196 g/mol. The Bertz CT molecular complexity index is 213. The van der Waals surface area contributed by atoms with Crippen molar-refractivity contribution in [1.29, 1.82) is 0 Å². The molecule has 1 aliphatic heterocycles. The van der Waals surface area contributed by atoms with E-state index in [9.17, 15) is 4.79 Å². The molecule has 0 aliphatic carbocycles. The van der Waals surface area contributed by atoms with Crippen LogP contribution in [0.2, 0.25) is 0 Å². The zero-order chi connectivity index (χ0) is 11.4. The molecule has 0 aromatic rings. The van der Waals surface area contributed by atoms with Crippen LogP contribution >= 0.6 is 0 Å². The highest BCUT2D eigenvalue weighted by Crippen LogP contribution is 2.11. The second-order valence-corrected chi connectivity index (χ2v) is 4.06. The van der Waals surface area contributed by atoms with E-state index in [0.717, 1.165) is 0 Å². The topological polar surface area (TPSA) is 64.8 Å². The first-order chi connectivity index (χ1) is 7.04. The van der Waals surface area contributed by atoms with Gasteiger partial charge in [0.05, 0.1) is 18.8 Å². The van der Waals surface area contributed by atoms with Crippen LogP contribution in [0.4, 0.5) is 0 Å². The predicted octanol–water partition coefficient (Wildman–Crippen LogP) is -0.404. The van der Waals surface area contributed by atoms with Crippen molar-refractivity contribution < 1.29 is 14.3 Å². The summed E-state index contributed by atoms with van der Waals surface area (Å²) in [6.07, 6.45) is 0.153. The van der Waals surface area contributed by atoms with Crippen molar-refractivity contribution in [3.05, 3.63) is 0 Å². The first-order valence-corrected chi connectivity index (χ1v) is 5.23. The molecule has 2 N–H and O–H groups in total. The molecule has 0 aromatic heterocycles. The van der Waals surface area contributed by atoms with E-state index in [-0.39, 0.29) is 24.7 Å². The van der Waals surface area contributed by atoms with Gasteiger partial charge in [0, 0.05) is 20.2 Å². The van der Waals surface area contributed by atoms with Crippen LogP contribution in [0.3, 0.4) is 0 Å². The highest BCUT2D eigenvalue weighted by atomic mass is 16.5. The Morgan fingerprint density at radius 2 is 2.07 bits per heavy atom. The number of amides is 1. The number of carbonyl (C=O) groups is 1. The van der Waals surface area contributed by atoms with Gasteiger partial charge < -0.3 is 20.1 Å². The van der Waals surface area contributed by atoms with Crippen molar-refractivity contribution in [2.75, 3.05) is 26.8 Å². The molecule has 88 valence electrons. The molecule has 3 atom stereocenters. The Hall–Kier alpha value is -0.650. The average Bonchev–Trinajstić information content (AvgIpc) is 2.15. The molecule has 0 aromatic carbocycles. The summed E-state index contributed by atoms with van der Waals surface area (Å²) in [6, 6.07) is -0.563. The summed E-state index contributed by atoms with van der Waals surface area (Å²) in [6.45, 7) is 5.40. The number of hydrogen-bond acceptors (Lipinski definition) is 4. The lowest BCUT2D eigenvalue weighted by molar-refractivity contribution is -0.145. The molecule has 1 aliphatic rings. The lowest BCUT2D eigenvalue weighted by Crippen LogP contribution is -2.54. The van der Waals surface area contributed by atoms with Crippen molar-refractivity contribution >= 4 is 5.91 Å². The van der Waals surface area contributed by atoms with Crippen LogP contribution in [0, 0.1) is 0 Å². The van der Waals surface area contributed by atoms with E-state index < -0.39 is 6.04 Å². The Labute approximate surface area is 90.5 Å². The van der Waals surface area contributed by atoms with Crippen LogP contribution in [0.5, 0.6) is 0 Å². The number of rotatable bonds is 3. The molecule has 0 saturated carbocycles. The van der Waals surface area contributed by atoms with Crippen LogP contribution in [0.25, 0.3) is 0 Å². The SMILES string of the molecule is COCC(N)C(=O)N1CC(C)OC(C)C1. The Morgan fingerprint density at radius 1 is 1.53 bits per heavy atom. The van der Waals surface area contributed by atoms with E-state index in [1.165, 1.54) is 7.11 Å². The van der Waals surface area contributed by atoms with Gasteiger partial charge in [-0.3, -0.25) is 4.79 Å². The van der Waals surface area contributed by atoms with Gasteiger partial charge in [0.15, 0.2) is 0 Å². The standard InChI is InChI=1S/C10H20N2O3/c1-7-4-12(5-8(2)15-7)10(13)9(11)6-14-3/h7-9H,4-6,11H2,1-3H3. The van der Waals surface area contributed by atoms with Crippen molar-refractivity contribution in [1.82, 2.24) is 4.90 Å². The molecule has 1 rings (SSSR count). The fraction of sp³-hybridized carbons (Fsp3) is 0.900. The molecular formula is C10H20N2O3. The minimum Gasteiger partial charge on any atom is -0.383 e. The van der Waals surface area contributed by atoms with E-state index >= 15 is 0 Å². The zero-order valence-electron chi connectivity index (χ0n) is 9.60. The number of ether oxygens (including phenoxy) is 2. The van der Waals surface area contributed by atoms with Crippen LogP contribution in [0.15, 0.2) is 0 Å². The maximum absolute atomic E-state index is 11.8. The van der Waals surface area contributed by atoms with E-state index in [4.69, 9.17) is 15.2 Å². The van der Waals surface area contributed by atoms with Gasteiger partial charge in [-0.25, -0.2) is 0 Å². The third kappa shape index (κ3) is 3.44. The zero-order valence-corrected chi connectivity index (χ0v) is 9.60. The number of methoxy groups -OCH3 is 1. The lowest BCUT2D eigenvalue weighted by Gasteiger charge is -2.36. The number of nitrogens with zero attached hydrogens (tertiary/aromatic N) is 1. The molecule has 5 heteroatoms. The Balaban J connectivity index is 2.51. The average molecular weight is 216 g/mol. The maximum Gasteiger partial charge on any atom is 0.242 e. The van der Waals surface area contributed by atoms with E-state index in [1.54, 1.807) is 4.90 Å². The number of hydrogen-bond donors (Lipinski definition) is 1. The molecule has 5 nitrogen and oxygen atoms in total. The summed E-state index contributed by atoms with van der Waals surface area (Å²) in [7, 11) is 1.54. The minimum atomic E-state index is -0.563. The molecule has 0 bridgehead atoms. The Kier molecular flexibility index (Phi) is 4.50. The molecule has 0 radical (unpaired) electrons. The molecule has 1 saturated heterocycles. The van der Waals surface area contributed by atoms with E-state index in [2.05, 4.69) is 0 Å². The number of nitrogens with two attached hydrogens (primary N) is 1. The predicted molar refractivity (Wildman–Crippen MR) is 56.4 cm³/mol. The second-order valence-electron chi connectivity index (χ2n) is 4.06. The fourth-order valence-electron chi connectivity index (χ4n) is 1.84. The van der Waals surface area contributed by atoms with Crippen molar-refractivity contribution in [3.63, 3.8) is 0 Å². The highest BCUT2D eigenvalue weighted by Gasteiger charge is 2.28. The summed E-state index contributed by atoms with van der Waals surface area (Å²) in [4.78, 5) is 13.6. The molecule has 1 fully saturated rings. The molecule has 3 unspecified atom stereocenters. The molecule has 1 amide bonds. The van der Waals surface area contributed by atoms with Crippen LogP contribution in [0.1, 0.15) is 13.8 Å². The summed E-state index contributed by atoms with van der Waals surface area (Å²) < 4.78 is 10.4. The van der Waals surface area contributed by atoms with Crippen LogP contribution in [-0.2, 0) is 14.3 Å². The molecule has 0 spiro atoms. The quantitative estimate of drug-likeness (QED) is 0.697. The van der Waals surface area contributed by atoms with E-state index in [0.29, 0.717) is 13.1 Å². The van der Waals surface area contributed by atoms with Crippen molar-refractivity contribution in [2.24, 2.45) is 5.73 Å². The monoisotopic (exact) mass is 216 g/mol. The Morgan fingerprint density at radius 3 is 2.53 bits per heavy atom. The second kappa shape index (κ2) is 5.44. The van der Waals surface area contributed by atoms with Gasteiger partial charge in [-0.1, -0.05) is 0 Å². The van der Waals surface area contributed by atoms with Gasteiger partial charge in [0.2, 0.25) is 5.91 Å². The fourth-order valence-corrected chi connectivity index (χ4v) is 1.84. The van der Waals surface area contributed by atoms with Gasteiger partial charge in [0.1, 0.15) is 6.04 Å². The molecule has 15 heavy (non-hydrogen) atoms. The van der Waals surface area contributed by atoms with E-state index in [1.807, 2.05) is 13.8 Å². The maximum atomic E-state index is 11.8. The number of morpholine rings is 1. The highest BCUT2D eigenvalue weighted by molar-refractivity contribution is 5.81. The van der Waals surface area contributed by atoms with Gasteiger partial charge in [-0.2, -0.15) is 0 Å². The smallest absolute Gasteiger partial charge is 0.242 e. The largest absolute Gasteiger partial charge is 0.383 e. The third-order valence-corrected chi connectivity index (χ3v) is 2.39. The summed E-state index contributed by atoms with van der Waals surface area (Å²) >= 11 is 0. The van der Waals surface area contributed by atoms with Gasteiger partial charge >= 0.3 is 0 Å². The van der Waals surface area contributed by atoms with Gasteiger partial charge in [0.25, 0.3) is 0 Å². The lowest BCUT2D eigenvalue weighted by atomic mass is 10.2. The minimum absolute atomic E-state index is 0.0566. The van der Waals surface area contributed by atoms with Crippen molar-refractivity contribution in [3.8, 4) is 0 Å². The first kappa shape index (κ1) is 12.4. The van der Waals surface area contributed by atoms with Gasteiger partial charge in [-0.15, -0.1) is 0 Å². The third-order valence-electron chi connectivity index (χ3n) is 2.39. The van der Waals surface area contributed by atoms with Crippen LogP contribution < -0.4 is 5.73 Å². The van der Waals surface area contributed by atoms with Gasteiger partial charge in [-0.05, 0) is 13.8 Å². The number of carbonyl (C=O) groups excluding carboxylic acids is 1. The molecule has 1 heterocycles. The summed E-state index contributed by atoms with van der Waals surface area (Å²) in [5.74, 6) is -0.0566.